The summed E-state index contributed by atoms with van der Waals surface area (Å²) in [4.78, 5) is 62.5. The maximum Gasteiger partial charge on any atom is 0.411 e. The van der Waals surface area contributed by atoms with Gasteiger partial charge in [0, 0.05) is 23.8 Å². The van der Waals surface area contributed by atoms with Gasteiger partial charge in [0.25, 0.3) is 5.91 Å². The number of benzene rings is 1. The van der Waals surface area contributed by atoms with Crippen LogP contribution in [-0.2, 0) is 24.4 Å². The number of nitrogens with one attached hydrogen (secondary N) is 2. The number of amides is 4. The normalized spacial score (nSPS) is 28.2. The van der Waals surface area contributed by atoms with Crippen LogP contribution in [0.5, 0.6) is 17.5 Å². The Labute approximate surface area is 353 Å². The summed E-state index contributed by atoms with van der Waals surface area (Å²) < 4.78 is 89.6. The van der Waals surface area contributed by atoms with Crippen LogP contribution in [0.3, 0.4) is 0 Å². The average Bonchev–Trinajstić information content (AvgIpc) is 4.03. The van der Waals surface area contributed by atoms with Gasteiger partial charge in [0.2, 0.25) is 33.6 Å². The summed E-state index contributed by atoms with van der Waals surface area (Å²) in [5.41, 5.74) is -4.79. The number of carboxylic acid groups (broad SMARTS) is 1. The Kier molecular flexibility index (Phi) is 12.3. The van der Waals surface area contributed by atoms with E-state index in [9.17, 15) is 41.1 Å². The van der Waals surface area contributed by atoms with Crippen molar-refractivity contribution in [2.75, 3.05) is 13.7 Å². The first kappa shape index (κ1) is 45.7. The van der Waals surface area contributed by atoms with Crippen molar-refractivity contribution >= 4 is 44.6 Å². The average molecular weight is 880 g/mol. The molecule has 3 N–H and O–H groups in total. The number of methoxy groups -OCH3 is 1. The predicted molar refractivity (Wildman–Crippen MR) is 217 cm³/mol. The SMILES string of the molecule is COc1ccc2c(O[C@@H]3C[C@H]4C(=O)N[C@]5(C(=O)NS(=O)(=O)C6(C)CC6)C[C@H]5C=CCC[C@H](C)C[C@@H](C)[C@H](N(C(=O)O)C(C)(C)C(F)(F)F)C(=O)N4C3)nc(OC(C)C)cc2c1. The van der Waals surface area contributed by atoms with Gasteiger partial charge in [-0.1, -0.05) is 26.0 Å². The zero-order chi connectivity index (χ0) is 45.0. The number of carbonyl (C=O) groups excluding carboxylic acids is 3. The molecule has 1 aromatic carbocycles. The third-order valence-corrected chi connectivity index (χ3v) is 14.8. The zero-order valence-electron chi connectivity index (χ0n) is 35.7. The Morgan fingerprint density at radius 3 is 2.41 bits per heavy atom. The summed E-state index contributed by atoms with van der Waals surface area (Å²) in [5.74, 6) is -3.92. The van der Waals surface area contributed by atoms with Crippen LogP contribution in [0.2, 0.25) is 0 Å². The largest absolute Gasteiger partial charge is 0.497 e. The van der Waals surface area contributed by atoms with Gasteiger partial charge in [-0.2, -0.15) is 18.2 Å². The van der Waals surface area contributed by atoms with Crippen LogP contribution >= 0.6 is 0 Å². The Hall–Kier alpha value is -4.81. The lowest BCUT2D eigenvalue weighted by Crippen LogP contribution is -2.66. The van der Waals surface area contributed by atoms with Gasteiger partial charge in [0.1, 0.15) is 35.0 Å². The van der Waals surface area contributed by atoms with Crippen molar-refractivity contribution in [1.29, 1.82) is 0 Å². The van der Waals surface area contributed by atoms with E-state index in [1.165, 1.54) is 21.0 Å². The summed E-state index contributed by atoms with van der Waals surface area (Å²) in [5, 5.41) is 14.4. The number of alkyl halides is 3. The molecule has 4 aliphatic rings. The van der Waals surface area contributed by atoms with Gasteiger partial charge in [0.15, 0.2) is 0 Å². The minimum atomic E-state index is -5.11. The van der Waals surface area contributed by atoms with E-state index in [0.29, 0.717) is 56.1 Å². The fourth-order valence-electron chi connectivity index (χ4n) is 8.44. The number of hydrogen-bond donors (Lipinski definition) is 3. The molecule has 1 saturated heterocycles. The predicted octanol–water partition coefficient (Wildman–Crippen LogP) is 5.95. The smallest absolute Gasteiger partial charge is 0.411 e. The van der Waals surface area contributed by atoms with Gasteiger partial charge in [0.05, 0.1) is 24.5 Å². The van der Waals surface area contributed by atoms with Crippen molar-refractivity contribution in [2.45, 2.75) is 140 Å². The van der Waals surface area contributed by atoms with Crippen molar-refractivity contribution < 1.29 is 60.1 Å². The van der Waals surface area contributed by atoms with Crippen LogP contribution < -0.4 is 24.2 Å². The van der Waals surface area contributed by atoms with Crippen LogP contribution in [0.1, 0.15) is 93.4 Å². The lowest BCUT2D eigenvalue weighted by molar-refractivity contribution is -0.222. The molecule has 7 atom stereocenters. The van der Waals surface area contributed by atoms with Gasteiger partial charge in [-0.05, 0) is 109 Å². The molecule has 15 nitrogen and oxygen atoms in total. The molecule has 2 aromatic rings. The maximum atomic E-state index is 15.1. The molecule has 3 heterocycles. The van der Waals surface area contributed by atoms with Gasteiger partial charge >= 0.3 is 12.3 Å². The van der Waals surface area contributed by atoms with Crippen molar-refractivity contribution in [3.05, 3.63) is 36.4 Å². The number of carbonyl (C=O) groups is 4. The number of rotatable bonds is 10. The number of sulfonamides is 1. The molecule has 6 rings (SSSR count). The van der Waals surface area contributed by atoms with E-state index in [4.69, 9.17) is 14.2 Å². The molecule has 2 aliphatic carbocycles. The molecule has 0 bridgehead atoms. The topological polar surface area (TPSA) is 194 Å². The highest BCUT2D eigenvalue weighted by Crippen LogP contribution is 2.48. The molecule has 0 radical (unpaired) electrons. The lowest BCUT2D eigenvalue weighted by atomic mass is 9.85. The quantitative estimate of drug-likeness (QED) is 0.239. The fourth-order valence-corrected chi connectivity index (χ4v) is 9.75. The highest BCUT2D eigenvalue weighted by molar-refractivity contribution is 7.91. The number of aromatic nitrogens is 1. The van der Waals surface area contributed by atoms with Crippen LogP contribution in [0.25, 0.3) is 10.8 Å². The molecule has 4 amide bonds. The standard InChI is InChI=1S/C42H56F3N5O10S/c1-23(2)59-32-19-26-18-28(58-8)13-14-30(26)35(46-32)60-29-20-31-34(51)47-41(37(53)48-61(56,57)40(7)15-16-40)21-27(41)12-10-9-11-24(3)17-25(4)33(36(52)49(31)22-29)50(38(54)55)39(5,6)42(43,44)45/h10,12-14,18-19,23-25,27,29,31,33H,9,11,15-17,20-22H2,1-8H3,(H,47,51)(H,48,53)(H,54,55)/t24-,25+,27+,29+,31-,33-,41+/m0/s1. The van der Waals surface area contributed by atoms with Crippen molar-refractivity contribution in [3.63, 3.8) is 0 Å². The second-order valence-corrected chi connectivity index (χ2v) is 20.3. The third kappa shape index (κ3) is 9.07. The molecular weight excluding hydrogens is 824 g/mol. The molecule has 336 valence electrons. The van der Waals surface area contributed by atoms with E-state index in [2.05, 4.69) is 15.0 Å². The van der Waals surface area contributed by atoms with Crippen molar-refractivity contribution in [2.24, 2.45) is 17.8 Å². The monoisotopic (exact) mass is 879 g/mol. The highest BCUT2D eigenvalue weighted by Gasteiger charge is 2.64. The van der Waals surface area contributed by atoms with Gasteiger partial charge < -0.3 is 29.5 Å². The number of hydrogen-bond acceptors (Lipinski definition) is 10. The van der Waals surface area contributed by atoms with E-state index in [-0.39, 0.29) is 54.5 Å². The minimum absolute atomic E-state index is 0.0394. The number of ether oxygens (including phenoxy) is 3. The summed E-state index contributed by atoms with van der Waals surface area (Å²) in [6.45, 7) is 9.48. The second kappa shape index (κ2) is 16.5. The van der Waals surface area contributed by atoms with Crippen LogP contribution in [0.4, 0.5) is 18.0 Å². The van der Waals surface area contributed by atoms with Crippen LogP contribution in [0, 0.1) is 17.8 Å². The third-order valence-electron chi connectivity index (χ3n) is 12.6. The first-order valence-corrected chi connectivity index (χ1v) is 22.1. The number of nitrogens with zero attached hydrogens (tertiary/aromatic N) is 3. The molecule has 2 saturated carbocycles. The van der Waals surface area contributed by atoms with E-state index in [1.807, 2.05) is 6.92 Å². The fraction of sp³-hybridized carbons (Fsp3) is 0.643. The van der Waals surface area contributed by atoms with Crippen LogP contribution in [-0.4, -0.2) is 112 Å². The van der Waals surface area contributed by atoms with Gasteiger partial charge in [-0.3, -0.25) is 24.0 Å². The second-order valence-electron chi connectivity index (χ2n) is 18.1. The molecule has 3 fully saturated rings. The van der Waals surface area contributed by atoms with Crippen LogP contribution in [0.15, 0.2) is 36.4 Å². The van der Waals surface area contributed by atoms with Gasteiger partial charge in [-0.15, -0.1) is 0 Å². The summed E-state index contributed by atoms with van der Waals surface area (Å²) >= 11 is 0. The molecule has 1 aromatic heterocycles. The number of pyridine rings is 1. The molecular formula is C42H56F3N5O10S. The van der Waals surface area contributed by atoms with E-state index in [1.54, 1.807) is 50.3 Å². The molecule has 0 spiro atoms. The summed E-state index contributed by atoms with van der Waals surface area (Å²) in [6.07, 6.45) is -3.29. The Morgan fingerprint density at radius 1 is 1.11 bits per heavy atom. The number of allylic oxidation sites excluding steroid dienone is 1. The molecule has 19 heteroatoms. The first-order valence-electron chi connectivity index (χ1n) is 20.6. The molecule has 0 unspecified atom stereocenters. The Bertz CT molecular complexity index is 2200. The summed E-state index contributed by atoms with van der Waals surface area (Å²) in [7, 11) is -2.63. The maximum absolute atomic E-state index is 15.1. The minimum Gasteiger partial charge on any atom is -0.497 e. The summed E-state index contributed by atoms with van der Waals surface area (Å²) in [6, 6.07) is 3.37. The number of fused-ring (bicyclic) bond motifs is 3. The van der Waals surface area contributed by atoms with Gasteiger partial charge in [-0.25, -0.2) is 13.2 Å². The zero-order valence-corrected chi connectivity index (χ0v) is 36.5. The van der Waals surface area contributed by atoms with Crippen molar-refractivity contribution in [1.82, 2.24) is 24.8 Å². The highest BCUT2D eigenvalue weighted by atomic mass is 32.2. The first-order chi connectivity index (χ1) is 28.3. The Morgan fingerprint density at radius 2 is 1.80 bits per heavy atom. The van der Waals surface area contributed by atoms with E-state index >= 15 is 4.79 Å². The molecule has 2 aliphatic heterocycles. The van der Waals surface area contributed by atoms with E-state index in [0.717, 1.165) is 4.90 Å². The number of halogens is 3. The lowest BCUT2D eigenvalue weighted by Gasteiger charge is -2.45. The van der Waals surface area contributed by atoms with E-state index < -0.39 is 85.9 Å². The molecule has 61 heavy (non-hydrogen) atoms. The van der Waals surface area contributed by atoms with Crippen molar-refractivity contribution in [3.8, 4) is 17.5 Å². The Balaban J connectivity index is 1.44.